The van der Waals surface area contributed by atoms with Gasteiger partial charge in [0.1, 0.15) is 23.0 Å². The Morgan fingerprint density at radius 3 is 2.62 bits per heavy atom. The van der Waals surface area contributed by atoms with E-state index in [0.29, 0.717) is 46.7 Å². The van der Waals surface area contributed by atoms with E-state index in [1.165, 1.54) is 18.2 Å². The van der Waals surface area contributed by atoms with Gasteiger partial charge in [0, 0.05) is 36.5 Å². The van der Waals surface area contributed by atoms with Gasteiger partial charge < -0.3 is 21.4 Å². The second kappa shape index (κ2) is 8.43. The lowest BCUT2D eigenvalue weighted by molar-refractivity contribution is 0.501. The first-order chi connectivity index (χ1) is 16.3. The van der Waals surface area contributed by atoms with Gasteiger partial charge in [-0.25, -0.2) is 18.7 Å². The SMILES string of the molecule is C#Cc1cc(F)c2nc(-c3c(N)ncc(-c4cc(C)cc(F)c4)c3N3CCC(N)CC3)[nH]c2c1. The van der Waals surface area contributed by atoms with Crippen molar-refractivity contribution < 1.29 is 8.78 Å². The first kappa shape index (κ1) is 21.9. The second-order valence-electron chi connectivity index (χ2n) is 8.71. The molecular weight excluding hydrogens is 434 g/mol. The molecule has 0 aliphatic carbocycles. The molecule has 6 nitrogen and oxygen atoms in total. The standard InChI is InChI=1S/C26H24F2N6/c1-3-15-10-20(28)23-21(11-15)32-26(33-23)22-24(34-6-4-18(29)5-7-34)19(13-31-25(22)30)16-8-14(2)9-17(27)12-16/h1,8-13,18H,4-7,29H2,2H3,(H2,30,31)(H,32,33). The molecule has 4 aromatic rings. The van der Waals surface area contributed by atoms with E-state index >= 15 is 0 Å². The van der Waals surface area contributed by atoms with Gasteiger partial charge >= 0.3 is 0 Å². The average Bonchev–Trinajstić information content (AvgIpc) is 3.23. The molecule has 1 aliphatic heterocycles. The number of rotatable bonds is 3. The fourth-order valence-corrected chi connectivity index (χ4v) is 4.58. The zero-order chi connectivity index (χ0) is 24.0. The van der Waals surface area contributed by atoms with Crippen molar-refractivity contribution in [1.82, 2.24) is 15.0 Å². The third-order valence-electron chi connectivity index (χ3n) is 6.23. The van der Waals surface area contributed by atoms with Crippen LogP contribution in [-0.2, 0) is 0 Å². The number of hydrogen-bond acceptors (Lipinski definition) is 5. The van der Waals surface area contributed by atoms with Crippen LogP contribution < -0.4 is 16.4 Å². The smallest absolute Gasteiger partial charge is 0.152 e. The summed E-state index contributed by atoms with van der Waals surface area (Å²) in [4.78, 5) is 14.3. The van der Waals surface area contributed by atoms with Crippen molar-refractivity contribution in [3.05, 3.63) is 59.3 Å². The van der Waals surface area contributed by atoms with E-state index in [4.69, 9.17) is 17.9 Å². The number of piperidine rings is 1. The molecule has 0 amide bonds. The van der Waals surface area contributed by atoms with Crippen molar-refractivity contribution in [3.8, 4) is 34.9 Å². The van der Waals surface area contributed by atoms with Crippen LogP contribution in [0.3, 0.4) is 0 Å². The number of aromatic nitrogens is 3. The number of benzene rings is 2. The van der Waals surface area contributed by atoms with Crippen LogP contribution in [0.4, 0.5) is 20.3 Å². The van der Waals surface area contributed by atoms with E-state index in [2.05, 4.69) is 25.8 Å². The lowest BCUT2D eigenvalue weighted by Gasteiger charge is -2.34. The maximum Gasteiger partial charge on any atom is 0.152 e. The number of terminal acetylenes is 1. The Labute approximate surface area is 196 Å². The number of nitrogen functional groups attached to an aromatic ring is 1. The van der Waals surface area contributed by atoms with Gasteiger partial charge in [0.2, 0.25) is 0 Å². The van der Waals surface area contributed by atoms with Gasteiger partial charge in [-0.05, 0) is 55.2 Å². The number of anilines is 2. The normalized spacial score (nSPS) is 14.5. The molecule has 34 heavy (non-hydrogen) atoms. The Kier molecular flexibility index (Phi) is 5.42. The summed E-state index contributed by atoms with van der Waals surface area (Å²) in [6.45, 7) is 3.21. The van der Waals surface area contributed by atoms with Gasteiger partial charge in [-0.3, -0.25) is 0 Å². The van der Waals surface area contributed by atoms with E-state index in [1.54, 1.807) is 12.3 Å². The molecule has 3 heterocycles. The molecule has 0 atom stereocenters. The molecule has 5 rings (SSSR count). The maximum absolute atomic E-state index is 14.7. The molecule has 5 N–H and O–H groups in total. The summed E-state index contributed by atoms with van der Waals surface area (Å²) in [5, 5.41) is 0. The fourth-order valence-electron chi connectivity index (χ4n) is 4.58. The van der Waals surface area contributed by atoms with Gasteiger partial charge in [-0.2, -0.15) is 0 Å². The summed E-state index contributed by atoms with van der Waals surface area (Å²) in [5.74, 6) is 2.19. The van der Waals surface area contributed by atoms with Crippen molar-refractivity contribution in [3.63, 3.8) is 0 Å². The quantitative estimate of drug-likeness (QED) is 0.396. The Morgan fingerprint density at radius 2 is 1.91 bits per heavy atom. The highest BCUT2D eigenvalue weighted by Crippen LogP contribution is 2.43. The van der Waals surface area contributed by atoms with E-state index in [1.807, 2.05) is 13.0 Å². The second-order valence-corrected chi connectivity index (χ2v) is 8.71. The third-order valence-corrected chi connectivity index (χ3v) is 6.23. The topological polar surface area (TPSA) is 96.8 Å². The van der Waals surface area contributed by atoms with Crippen molar-refractivity contribution in [2.75, 3.05) is 23.7 Å². The molecule has 2 aromatic carbocycles. The number of pyridine rings is 1. The van der Waals surface area contributed by atoms with E-state index in [-0.39, 0.29) is 23.2 Å². The minimum Gasteiger partial charge on any atom is -0.383 e. The van der Waals surface area contributed by atoms with E-state index < -0.39 is 5.82 Å². The fraction of sp³-hybridized carbons (Fsp3) is 0.231. The van der Waals surface area contributed by atoms with Gasteiger partial charge in [-0.1, -0.05) is 12.0 Å². The number of nitrogens with zero attached hydrogens (tertiary/aromatic N) is 3. The molecule has 0 saturated carbocycles. The number of H-pyrrole nitrogens is 1. The third kappa shape index (κ3) is 3.84. The van der Waals surface area contributed by atoms with Gasteiger partial charge in [0.25, 0.3) is 0 Å². The highest BCUT2D eigenvalue weighted by Gasteiger charge is 2.27. The van der Waals surface area contributed by atoms with E-state index in [0.717, 1.165) is 24.1 Å². The van der Waals surface area contributed by atoms with Gasteiger partial charge in [0.05, 0.1) is 16.8 Å². The Morgan fingerprint density at radius 1 is 1.15 bits per heavy atom. The van der Waals surface area contributed by atoms with Crippen LogP contribution in [0.2, 0.25) is 0 Å². The van der Waals surface area contributed by atoms with Crippen LogP contribution in [0.15, 0.2) is 36.5 Å². The van der Waals surface area contributed by atoms with Crippen LogP contribution in [0.5, 0.6) is 0 Å². The molecule has 1 aliphatic rings. The van der Waals surface area contributed by atoms with Gasteiger partial charge in [-0.15, -0.1) is 6.42 Å². The molecule has 8 heteroatoms. The lowest BCUT2D eigenvalue weighted by Crippen LogP contribution is -2.40. The van der Waals surface area contributed by atoms with Crippen LogP contribution in [0.25, 0.3) is 33.5 Å². The number of nitrogens with two attached hydrogens (primary N) is 2. The monoisotopic (exact) mass is 458 g/mol. The van der Waals surface area contributed by atoms with Crippen LogP contribution in [0, 0.1) is 30.9 Å². The summed E-state index contributed by atoms with van der Waals surface area (Å²) in [6.07, 6.45) is 8.70. The molecule has 0 radical (unpaired) electrons. The van der Waals surface area contributed by atoms with Crippen molar-refractivity contribution >= 4 is 22.5 Å². The predicted octanol–water partition coefficient (Wildman–Crippen LogP) is 4.37. The predicted molar refractivity (Wildman–Crippen MR) is 131 cm³/mol. The minimum atomic E-state index is -0.526. The number of nitrogens with one attached hydrogen (secondary N) is 1. The zero-order valence-corrected chi connectivity index (χ0v) is 18.7. The first-order valence-electron chi connectivity index (χ1n) is 11.1. The summed E-state index contributed by atoms with van der Waals surface area (Å²) in [6, 6.07) is 7.89. The summed E-state index contributed by atoms with van der Waals surface area (Å²) in [5.41, 5.74) is 17.0. The summed E-state index contributed by atoms with van der Waals surface area (Å²) >= 11 is 0. The maximum atomic E-state index is 14.7. The van der Waals surface area contributed by atoms with Crippen LogP contribution >= 0.6 is 0 Å². The molecule has 0 spiro atoms. The van der Waals surface area contributed by atoms with Crippen molar-refractivity contribution in [1.29, 1.82) is 0 Å². The molecule has 1 saturated heterocycles. The van der Waals surface area contributed by atoms with Crippen LogP contribution in [0.1, 0.15) is 24.0 Å². The minimum absolute atomic E-state index is 0.112. The van der Waals surface area contributed by atoms with Crippen LogP contribution in [-0.4, -0.2) is 34.1 Å². The number of imidazole rings is 1. The average molecular weight is 459 g/mol. The Bertz CT molecular complexity index is 1420. The highest BCUT2D eigenvalue weighted by molar-refractivity contribution is 5.95. The summed E-state index contributed by atoms with van der Waals surface area (Å²) in [7, 11) is 0. The first-order valence-corrected chi connectivity index (χ1v) is 11.1. The number of fused-ring (bicyclic) bond motifs is 1. The molecular formula is C26H24F2N6. The number of halogens is 2. The molecule has 2 aromatic heterocycles. The molecule has 0 unspecified atom stereocenters. The molecule has 172 valence electrons. The number of aryl methyl sites for hydroxylation is 1. The largest absolute Gasteiger partial charge is 0.383 e. The van der Waals surface area contributed by atoms with E-state index in [9.17, 15) is 8.78 Å². The number of aromatic amines is 1. The number of hydrogen-bond donors (Lipinski definition) is 3. The highest BCUT2D eigenvalue weighted by atomic mass is 19.1. The molecule has 1 fully saturated rings. The van der Waals surface area contributed by atoms with Crippen molar-refractivity contribution in [2.24, 2.45) is 5.73 Å². The zero-order valence-electron chi connectivity index (χ0n) is 18.7. The molecule has 0 bridgehead atoms. The summed E-state index contributed by atoms with van der Waals surface area (Å²) < 4.78 is 29.0. The lowest BCUT2D eigenvalue weighted by atomic mass is 9.97. The van der Waals surface area contributed by atoms with Crippen molar-refractivity contribution in [2.45, 2.75) is 25.8 Å². The Hall–Kier alpha value is -3.96. The van der Waals surface area contributed by atoms with Gasteiger partial charge in [0.15, 0.2) is 5.82 Å². The Balaban J connectivity index is 1.77.